The lowest BCUT2D eigenvalue weighted by Gasteiger charge is -2.22. The molecule has 2 aromatic rings. The lowest BCUT2D eigenvalue weighted by molar-refractivity contribution is 0.0755. The Hall–Kier alpha value is -2.54. The second-order valence-electron chi connectivity index (χ2n) is 9.61. The van der Waals surface area contributed by atoms with Crippen molar-refractivity contribution in [2.24, 2.45) is 5.92 Å². The van der Waals surface area contributed by atoms with Crippen LogP contribution in [0.3, 0.4) is 0 Å². The van der Waals surface area contributed by atoms with Gasteiger partial charge in [-0.15, -0.1) is 0 Å². The summed E-state index contributed by atoms with van der Waals surface area (Å²) in [7, 11) is 0. The van der Waals surface area contributed by atoms with Gasteiger partial charge in [0.05, 0.1) is 5.69 Å². The van der Waals surface area contributed by atoms with Crippen molar-refractivity contribution < 1.29 is 4.79 Å². The van der Waals surface area contributed by atoms with E-state index >= 15 is 0 Å². The van der Waals surface area contributed by atoms with Crippen LogP contribution in [0.4, 0.5) is 0 Å². The van der Waals surface area contributed by atoms with Crippen molar-refractivity contribution in [3.63, 3.8) is 0 Å². The van der Waals surface area contributed by atoms with E-state index in [0.717, 1.165) is 93.1 Å². The van der Waals surface area contributed by atoms with Crippen LogP contribution in [0.5, 0.6) is 0 Å². The van der Waals surface area contributed by atoms with E-state index in [1.54, 1.807) is 6.20 Å². The monoisotopic (exact) mass is 435 g/mol. The normalized spacial score (nSPS) is 19.4. The summed E-state index contributed by atoms with van der Waals surface area (Å²) in [5, 5.41) is 7.02. The van der Waals surface area contributed by atoms with Crippen LogP contribution in [0.15, 0.2) is 23.1 Å². The second kappa shape index (κ2) is 9.53. The highest BCUT2D eigenvalue weighted by atomic mass is 16.2. The van der Waals surface area contributed by atoms with Gasteiger partial charge in [0.15, 0.2) is 0 Å². The minimum Gasteiger partial charge on any atom is -0.336 e. The Labute approximate surface area is 189 Å². The zero-order chi connectivity index (χ0) is 21.9. The number of pyridine rings is 1. The standard InChI is InChI=1S/C25H33N5O2/c31-24-21-5-2-1-4-20(21)22(27-28-24)16-19-8-10-26-23(17-19)25(32)30-12-3-11-29(14-15-30)13-9-18-6-7-18/h8,10,17-18H,1-7,9,11-16H2,(H,28,31). The van der Waals surface area contributed by atoms with Crippen LogP contribution in [-0.4, -0.2) is 63.6 Å². The topological polar surface area (TPSA) is 82.2 Å². The molecule has 1 aliphatic heterocycles. The molecule has 1 amide bonds. The van der Waals surface area contributed by atoms with Crippen molar-refractivity contribution in [1.82, 2.24) is 25.0 Å². The van der Waals surface area contributed by atoms with Crippen molar-refractivity contribution in [3.8, 4) is 0 Å². The van der Waals surface area contributed by atoms with Crippen molar-refractivity contribution in [2.45, 2.75) is 57.8 Å². The fourth-order valence-electron chi connectivity index (χ4n) is 5.10. The molecular weight excluding hydrogens is 402 g/mol. The summed E-state index contributed by atoms with van der Waals surface area (Å²) in [6.45, 7) is 4.75. The highest BCUT2D eigenvalue weighted by molar-refractivity contribution is 5.92. The first-order valence-electron chi connectivity index (χ1n) is 12.2. The van der Waals surface area contributed by atoms with Crippen molar-refractivity contribution >= 4 is 5.91 Å². The minimum atomic E-state index is -0.0543. The Kier molecular flexibility index (Phi) is 6.35. The maximum Gasteiger partial charge on any atom is 0.272 e. The van der Waals surface area contributed by atoms with E-state index < -0.39 is 0 Å². The molecule has 170 valence electrons. The molecule has 2 fully saturated rings. The van der Waals surface area contributed by atoms with Crippen LogP contribution in [0.1, 0.15) is 71.4 Å². The molecular formula is C25H33N5O2. The molecule has 3 aliphatic rings. The predicted molar refractivity (Wildman–Crippen MR) is 123 cm³/mol. The van der Waals surface area contributed by atoms with Gasteiger partial charge in [-0.2, -0.15) is 5.10 Å². The number of carbonyl (C=O) groups is 1. The number of nitrogens with zero attached hydrogens (tertiary/aromatic N) is 4. The van der Waals surface area contributed by atoms with E-state index in [2.05, 4.69) is 20.1 Å². The van der Waals surface area contributed by atoms with Crippen LogP contribution in [0.2, 0.25) is 0 Å². The molecule has 2 aromatic heterocycles. The van der Waals surface area contributed by atoms with Crippen molar-refractivity contribution in [2.75, 3.05) is 32.7 Å². The van der Waals surface area contributed by atoms with E-state index in [-0.39, 0.29) is 11.5 Å². The zero-order valence-electron chi connectivity index (χ0n) is 18.8. The number of hydrogen-bond acceptors (Lipinski definition) is 5. The van der Waals surface area contributed by atoms with Crippen LogP contribution in [0.25, 0.3) is 0 Å². The second-order valence-corrected chi connectivity index (χ2v) is 9.61. The molecule has 7 heteroatoms. The van der Waals surface area contributed by atoms with Gasteiger partial charge in [0.25, 0.3) is 11.5 Å². The lowest BCUT2D eigenvalue weighted by Crippen LogP contribution is -2.36. The van der Waals surface area contributed by atoms with E-state index in [0.29, 0.717) is 12.1 Å². The van der Waals surface area contributed by atoms with Gasteiger partial charge in [-0.25, -0.2) is 5.10 Å². The zero-order valence-corrected chi connectivity index (χ0v) is 18.8. The number of aromatic amines is 1. The van der Waals surface area contributed by atoms with Gasteiger partial charge < -0.3 is 9.80 Å². The Bertz CT molecular complexity index is 1030. The molecule has 5 rings (SSSR count). The summed E-state index contributed by atoms with van der Waals surface area (Å²) >= 11 is 0. The third-order valence-corrected chi connectivity index (χ3v) is 7.22. The number of nitrogens with one attached hydrogen (secondary N) is 1. The Morgan fingerprint density at radius 1 is 1.06 bits per heavy atom. The maximum atomic E-state index is 13.2. The molecule has 0 bridgehead atoms. The highest BCUT2D eigenvalue weighted by Crippen LogP contribution is 2.32. The third kappa shape index (κ3) is 4.93. The number of rotatable bonds is 6. The smallest absolute Gasteiger partial charge is 0.272 e. The number of H-pyrrole nitrogens is 1. The van der Waals surface area contributed by atoms with E-state index in [1.807, 2.05) is 17.0 Å². The first kappa shape index (κ1) is 21.3. The Morgan fingerprint density at radius 2 is 1.91 bits per heavy atom. The first-order valence-corrected chi connectivity index (χ1v) is 12.2. The predicted octanol–water partition coefficient (Wildman–Crippen LogP) is 2.58. The summed E-state index contributed by atoms with van der Waals surface area (Å²) in [6, 6.07) is 3.85. The van der Waals surface area contributed by atoms with E-state index in [4.69, 9.17) is 0 Å². The third-order valence-electron chi connectivity index (χ3n) is 7.22. The van der Waals surface area contributed by atoms with E-state index in [1.165, 1.54) is 19.3 Å². The number of aromatic nitrogens is 3. The summed E-state index contributed by atoms with van der Waals surface area (Å²) in [6.07, 6.45) is 11.3. The SMILES string of the molecule is O=C(c1cc(Cc2n[nH]c(=O)c3c2CCCC3)ccn1)N1CCCN(CCC2CC2)CC1. The van der Waals surface area contributed by atoms with Crippen LogP contribution in [0, 0.1) is 5.92 Å². The van der Waals surface area contributed by atoms with Gasteiger partial charge >= 0.3 is 0 Å². The molecule has 0 atom stereocenters. The molecule has 2 aliphatic carbocycles. The van der Waals surface area contributed by atoms with Crippen molar-refractivity contribution in [3.05, 3.63) is 56.8 Å². The van der Waals surface area contributed by atoms with Gasteiger partial charge in [0.1, 0.15) is 5.69 Å². The van der Waals surface area contributed by atoms with Crippen LogP contribution < -0.4 is 5.56 Å². The number of fused-ring (bicyclic) bond motifs is 1. The molecule has 1 N–H and O–H groups in total. The molecule has 0 spiro atoms. The molecule has 32 heavy (non-hydrogen) atoms. The molecule has 3 heterocycles. The Morgan fingerprint density at radius 3 is 2.75 bits per heavy atom. The molecule has 0 radical (unpaired) electrons. The largest absolute Gasteiger partial charge is 0.336 e. The number of carbonyl (C=O) groups excluding carboxylic acids is 1. The summed E-state index contributed by atoms with van der Waals surface area (Å²) in [5.74, 6) is 0.970. The van der Waals surface area contributed by atoms with Crippen LogP contribution >= 0.6 is 0 Å². The summed E-state index contributed by atoms with van der Waals surface area (Å²) in [5.41, 5.74) is 4.38. The average molecular weight is 436 g/mol. The van der Waals surface area contributed by atoms with Gasteiger partial charge in [0.2, 0.25) is 0 Å². The highest BCUT2D eigenvalue weighted by Gasteiger charge is 2.25. The maximum absolute atomic E-state index is 13.2. The van der Waals surface area contributed by atoms with Gasteiger partial charge in [-0.05, 0) is 80.8 Å². The summed E-state index contributed by atoms with van der Waals surface area (Å²) in [4.78, 5) is 34.2. The molecule has 1 saturated carbocycles. The number of amides is 1. The first-order chi connectivity index (χ1) is 15.7. The van der Waals surface area contributed by atoms with Gasteiger partial charge in [0, 0.05) is 37.8 Å². The molecule has 0 unspecified atom stereocenters. The summed E-state index contributed by atoms with van der Waals surface area (Å²) < 4.78 is 0. The lowest BCUT2D eigenvalue weighted by atomic mass is 9.90. The minimum absolute atomic E-state index is 0.0207. The van der Waals surface area contributed by atoms with E-state index in [9.17, 15) is 9.59 Å². The molecule has 7 nitrogen and oxygen atoms in total. The molecule has 1 saturated heterocycles. The van der Waals surface area contributed by atoms with Crippen LogP contribution in [-0.2, 0) is 19.3 Å². The van der Waals surface area contributed by atoms with Gasteiger partial charge in [-0.1, -0.05) is 12.8 Å². The fraction of sp³-hybridized carbons (Fsp3) is 0.600. The number of hydrogen-bond donors (Lipinski definition) is 1. The van der Waals surface area contributed by atoms with Crippen molar-refractivity contribution in [1.29, 1.82) is 0 Å². The quantitative estimate of drug-likeness (QED) is 0.754. The fourth-order valence-corrected chi connectivity index (χ4v) is 5.10. The van der Waals surface area contributed by atoms with Gasteiger partial charge in [-0.3, -0.25) is 14.6 Å². The Balaban J connectivity index is 1.26. The molecule has 0 aromatic carbocycles. The average Bonchev–Trinajstić information content (AvgIpc) is 3.67.